The number of halogens is 5. The normalized spacial score (nSPS) is 29.2. The van der Waals surface area contributed by atoms with E-state index in [1.54, 1.807) is 0 Å². The molecule has 0 N–H and O–H groups in total. The van der Waals surface area contributed by atoms with Crippen molar-refractivity contribution in [1.82, 2.24) is 0 Å². The van der Waals surface area contributed by atoms with Crippen molar-refractivity contribution in [2.45, 2.75) is 64.4 Å². The molecule has 0 saturated heterocycles. The predicted octanol–water partition coefficient (Wildman–Crippen LogP) is 7.26. The minimum absolute atomic E-state index is 0.274. The van der Waals surface area contributed by atoms with E-state index in [0.717, 1.165) is 5.92 Å². The topological polar surface area (TPSA) is 9.23 Å². The van der Waals surface area contributed by atoms with E-state index in [0.29, 0.717) is 30.9 Å². The quantitative estimate of drug-likeness (QED) is 0.286. The van der Waals surface area contributed by atoms with Gasteiger partial charge in [-0.2, -0.15) is 8.78 Å². The van der Waals surface area contributed by atoms with Gasteiger partial charge < -0.3 is 4.74 Å². The van der Waals surface area contributed by atoms with E-state index in [4.69, 9.17) is 0 Å². The smallest absolute Gasteiger partial charge is 0.400 e. The maximum atomic E-state index is 14.4. The maximum absolute atomic E-state index is 14.4. The van der Waals surface area contributed by atoms with Crippen LogP contribution in [0, 0.1) is 41.1 Å². The van der Waals surface area contributed by atoms with Gasteiger partial charge in [0.05, 0.1) is 5.92 Å². The van der Waals surface area contributed by atoms with Crippen LogP contribution in [0.1, 0.15) is 58.3 Å². The van der Waals surface area contributed by atoms with E-state index in [2.05, 4.69) is 23.8 Å². The highest BCUT2D eigenvalue weighted by Crippen LogP contribution is 2.41. The molecule has 1 nitrogen and oxygen atoms in total. The van der Waals surface area contributed by atoms with Crippen molar-refractivity contribution in [3.8, 4) is 5.75 Å². The summed E-state index contributed by atoms with van der Waals surface area (Å²) in [5, 5.41) is 0. The first kappa shape index (κ1) is 21.1. The second-order valence-corrected chi connectivity index (χ2v) is 8.38. The van der Waals surface area contributed by atoms with Crippen LogP contribution >= 0.6 is 0 Å². The van der Waals surface area contributed by atoms with E-state index >= 15 is 0 Å². The monoisotopic (exact) mass is 402 g/mol. The highest BCUT2D eigenvalue weighted by atomic mass is 19.3. The molecule has 0 bridgehead atoms. The van der Waals surface area contributed by atoms with Gasteiger partial charge in [-0.05, 0) is 56.3 Å². The molecule has 6 heteroatoms. The number of hydrogen-bond donors (Lipinski definition) is 0. The number of benzene rings is 1. The van der Waals surface area contributed by atoms with Crippen molar-refractivity contribution >= 4 is 0 Å². The number of rotatable bonds is 5. The SMILES string of the molecule is CC1CCC(/C=C/C2CCC(C(F)(F)Oc3cc(F)c(F)c(F)c3)CC2)CC1. The Morgan fingerprint density at radius 1 is 0.821 bits per heavy atom. The summed E-state index contributed by atoms with van der Waals surface area (Å²) in [5.74, 6) is -4.83. The van der Waals surface area contributed by atoms with E-state index in [9.17, 15) is 22.0 Å². The maximum Gasteiger partial charge on any atom is 0.400 e. The number of ether oxygens (including phenoxy) is 1. The summed E-state index contributed by atoms with van der Waals surface area (Å²) in [6.07, 6.45) is 7.59. The fourth-order valence-corrected chi connectivity index (χ4v) is 4.27. The first-order valence-electron chi connectivity index (χ1n) is 10.1. The van der Waals surface area contributed by atoms with E-state index < -0.39 is 35.2 Å². The first-order chi connectivity index (χ1) is 13.2. The Bertz CT molecular complexity index is 663. The van der Waals surface area contributed by atoms with Crippen LogP contribution in [0.5, 0.6) is 5.75 Å². The van der Waals surface area contributed by atoms with Gasteiger partial charge >= 0.3 is 6.11 Å². The van der Waals surface area contributed by atoms with Gasteiger partial charge in [0.25, 0.3) is 0 Å². The zero-order chi connectivity index (χ0) is 20.3. The average molecular weight is 402 g/mol. The lowest BCUT2D eigenvalue weighted by molar-refractivity contribution is -0.223. The van der Waals surface area contributed by atoms with Crippen LogP contribution in [0.3, 0.4) is 0 Å². The third kappa shape index (κ3) is 5.26. The number of alkyl halides is 2. The van der Waals surface area contributed by atoms with Crippen LogP contribution in [0.2, 0.25) is 0 Å². The van der Waals surface area contributed by atoms with Crippen molar-refractivity contribution < 1.29 is 26.7 Å². The Hall–Kier alpha value is -1.59. The fourth-order valence-electron chi connectivity index (χ4n) is 4.27. The molecule has 0 heterocycles. The Morgan fingerprint density at radius 3 is 1.79 bits per heavy atom. The molecule has 28 heavy (non-hydrogen) atoms. The highest BCUT2D eigenvalue weighted by Gasteiger charge is 2.44. The van der Waals surface area contributed by atoms with Crippen LogP contribution in [0.25, 0.3) is 0 Å². The molecule has 0 atom stereocenters. The molecule has 2 fully saturated rings. The Labute approximate surface area is 163 Å². The van der Waals surface area contributed by atoms with Crippen LogP contribution in [-0.4, -0.2) is 6.11 Å². The largest absolute Gasteiger partial charge is 0.432 e. The van der Waals surface area contributed by atoms with E-state index in [1.807, 2.05) is 0 Å². The molecule has 2 saturated carbocycles. The Balaban J connectivity index is 1.52. The third-order valence-electron chi connectivity index (χ3n) is 6.17. The average Bonchev–Trinajstić information content (AvgIpc) is 2.65. The third-order valence-corrected chi connectivity index (χ3v) is 6.17. The van der Waals surface area contributed by atoms with Gasteiger partial charge in [-0.3, -0.25) is 0 Å². The molecule has 0 aliphatic heterocycles. The molecule has 1 aromatic carbocycles. The summed E-state index contributed by atoms with van der Waals surface area (Å²) in [4.78, 5) is 0. The van der Waals surface area contributed by atoms with Crippen molar-refractivity contribution in [3.05, 3.63) is 41.7 Å². The van der Waals surface area contributed by atoms with Gasteiger partial charge in [0.1, 0.15) is 5.75 Å². The lowest BCUT2D eigenvalue weighted by Gasteiger charge is -2.32. The zero-order valence-corrected chi connectivity index (χ0v) is 16.1. The lowest BCUT2D eigenvalue weighted by Crippen LogP contribution is -2.37. The predicted molar refractivity (Wildman–Crippen MR) is 97.6 cm³/mol. The van der Waals surface area contributed by atoms with Gasteiger partial charge in [0.15, 0.2) is 17.5 Å². The van der Waals surface area contributed by atoms with Gasteiger partial charge in [-0.15, -0.1) is 0 Å². The van der Waals surface area contributed by atoms with E-state index in [1.165, 1.54) is 25.7 Å². The van der Waals surface area contributed by atoms with Gasteiger partial charge in [0, 0.05) is 12.1 Å². The molecule has 0 aromatic heterocycles. The molecule has 0 spiro atoms. The summed E-state index contributed by atoms with van der Waals surface area (Å²) >= 11 is 0. The van der Waals surface area contributed by atoms with Gasteiger partial charge in [-0.1, -0.05) is 31.9 Å². The molecule has 0 amide bonds. The van der Waals surface area contributed by atoms with Crippen LogP contribution in [0.4, 0.5) is 22.0 Å². The summed E-state index contributed by atoms with van der Waals surface area (Å²) in [6.45, 7) is 2.28. The summed E-state index contributed by atoms with van der Waals surface area (Å²) in [5.41, 5.74) is 0. The second-order valence-electron chi connectivity index (χ2n) is 8.38. The van der Waals surface area contributed by atoms with Gasteiger partial charge in [-0.25, -0.2) is 13.2 Å². The van der Waals surface area contributed by atoms with Crippen LogP contribution in [-0.2, 0) is 0 Å². The molecular formula is C22H27F5O. The Morgan fingerprint density at radius 2 is 1.29 bits per heavy atom. The summed E-state index contributed by atoms with van der Waals surface area (Å²) < 4.78 is 72.8. The van der Waals surface area contributed by atoms with Crippen molar-refractivity contribution in [1.29, 1.82) is 0 Å². The zero-order valence-electron chi connectivity index (χ0n) is 16.1. The number of allylic oxidation sites excluding steroid dienone is 2. The van der Waals surface area contributed by atoms with Crippen LogP contribution < -0.4 is 4.74 Å². The molecule has 1 aromatic rings. The lowest BCUT2D eigenvalue weighted by atomic mass is 9.79. The Kier molecular flexibility index (Phi) is 6.66. The molecular weight excluding hydrogens is 375 g/mol. The molecule has 2 aliphatic rings. The fraction of sp³-hybridized carbons (Fsp3) is 0.636. The molecule has 0 unspecified atom stereocenters. The first-order valence-corrected chi connectivity index (χ1v) is 10.1. The minimum atomic E-state index is -3.55. The van der Waals surface area contributed by atoms with Crippen molar-refractivity contribution in [2.75, 3.05) is 0 Å². The molecule has 156 valence electrons. The van der Waals surface area contributed by atoms with Crippen molar-refractivity contribution in [3.63, 3.8) is 0 Å². The van der Waals surface area contributed by atoms with Crippen LogP contribution in [0.15, 0.2) is 24.3 Å². The number of hydrogen-bond acceptors (Lipinski definition) is 1. The van der Waals surface area contributed by atoms with Gasteiger partial charge in [0.2, 0.25) is 0 Å². The summed E-state index contributed by atoms with van der Waals surface area (Å²) in [7, 11) is 0. The molecule has 2 aliphatic carbocycles. The molecule has 0 radical (unpaired) electrons. The molecule has 3 rings (SSSR count). The summed E-state index contributed by atoms with van der Waals surface area (Å²) in [6, 6.07) is 0.900. The van der Waals surface area contributed by atoms with E-state index in [-0.39, 0.29) is 18.8 Å². The highest BCUT2D eigenvalue weighted by molar-refractivity contribution is 5.25. The minimum Gasteiger partial charge on any atom is -0.432 e. The van der Waals surface area contributed by atoms with Crippen molar-refractivity contribution in [2.24, 2.45) is 23.7 Å². The second kappa shape index (κ2) is 8.83. The standard InChI is InChI=1S/C22H27F5O/c1-14-2-4-15(5-3-14)6-7-16-8-10-17(11-9-16)22(26,27)28-18-12-19(23)21(25)20(24)13-18/h6-7,12-17H,2-5,8-11H2,1H3/b7-6+.